The van der Waals surface area contributed by atoms with Crippen molar-refractivity contribution in [3.8, 4) is 0 Å². The quantitative estimate of drug-likeness (QED) is 0.807. The predicted molar refractivity (Wildman–Crippen MR) is 76.9 cm³/mol. The second-order valence-electron chi connectivity index (χ2n) is 5.53. The number of hydrogen-bond donors (Lipinski definition) is 0. The van der Waals surface area contributed by atoms with Crippen LogP contribution >= 0.6 is 0 Å². The molecule has 0 aromatic heterocycles. The zero-order chi connectivity index (χ0) is 15.3. The molecule has 3 rings (SSSR count). The van der Waals surface area contributed by atoms with Gasteiger partial charge in [0.15, 0.2) is 9.84 Å². The van der Waals surface area contributed by atoms with Gasteiger partial charge in [-0.15, -0.1) is 0 Å². The SMILES string of the molecule is CS(=O)(=O)C1CCN(S(=O)(=O)c2ccc3c(c2)COC3)C1. The summed E-state index contributed by atoms with van der Waals surface area (Å²) in [6, 6.07) is 4.96. The standard InChI is InChI=1S/C13H17NO5S2/c1-20(15,16)13-4-5-14(7-13)21(17,18)12-3-2-10-8-19-9-11(10)6-12/h2-3,6,13H,4-5,7-9H2,1H3. The summed E-state index contributed by atoms with van der Waals surface area (Å²) >= 11 is 0. The van der Waals surface area contributed by atoms with Crippen molar-refractivity contribution in [1.82, 2.24) is 4.31 Å². The Bertz CT molecular complexity index is 770. The molecule has 0 N–H and O–H groups in total. The Hall–Kier alpha value is -0.960. The maximum atomic E-state index is 12.6. The van der Waals surface area contributed by atoms with E-state index in [2.05, 4.69) is 0 Å². The van der Waals surface area contributed by atoms with E-state index in [9.17, 15) is 16.8 Å². The van der Waals surface area contributed by atoms with Gasteiger partial charge < -0.3 is 4.74 Å². The van der Waals surface area contributed by atoms with Crippen LogP contribution in [-0.4, -0.2) is 45.7 Å². The second-order valence-corrected chi connectivity index (χ2v) is 9.79. The number of benzene rings is 1. The molecule has 1 atom stereocenters. The number of nitrogens with zero attached hydrogens (tertiary/aromatic N) is 1. The lowest BCUT2D eigenvalue weighted by Gasteiger charge is -2.16. The number of ether oxygens (including phenoxy) is 1. The van der Waals surface area contributed by atoms with Crippen molar-refractivity contribution in [1.29, 1.82) is 0 Å². The van der Waals surface area contributed by atoms with Crippen LogP contribution in [0, 0.1) is 0 Å². The number of hydrogen-bond acceptors (Lipinski definition) is 5. The highest BCUT2D eigenvalue weighted by Gasteiger charge is 2.37. The molecule has 6 nitrogen and oxygen atoms in total. The first kappa shape index (κ1) is 15.0. The lowest BCUT2D eigenvalue weighted by molar-refractivity contribution is 0.134. The van der Waals surface area contributed by atoms with Crippen molar-refractivity contribution < 1.29 is 21.6 Å². The first-order valence-corrected chi connectivity index (χ1v) is 10.1. The van der Waals surface area contributed by atoms with Crippen LogP contribution in [-0.2, 0) is 37.8 Å². The van der Waals surface area contributed by atoms with Crippen LogP contribution in [0.15, 0.2) is 23.1 Å². The Kier molecular flexibility index (Phi) is 3.59. The average molecular weight is 331 g/mol. The molecule has 0 spiro atoms. The minimum atomic E-state index is -3.64. The van der Waals surface area contributed by atoms with Crippen molar-refractivity contribution in [2.45, 2.75) is 29.8 Å². The van der Waals surface area contributed by atoms with E-state index in [1.54, 1.807) is 18.2 Å². The number of sulfone groups is 1. The van der Waals surface area contributed by atoms with Crippen molar-refractivity contribution in [3.63, 3.8) is 0 Å². The summed E-state index contributed by atoms with van der Waals surface area (Å²) in [5.41, 5.74) is 1.89. The van der Waals surface area contributed by atoms with E-state index in [0.717, 1.165) is 17.4 Å². The van der Waals surface area contributed by atoms with Gasteiger partial charge >= 0.3 is 0 Å². The van der Waals surface area contributed by atoms with E-state index in [-0.39, 0.29) is 18.0 Å². The molecule has 1 unspecified atom stereocenters. The van der Waals surface area contributed by atoms with Crippen LogP contribution in [0.1, 0.15) is 17.5 Å². The van der Waals surface area contributed by atoms with Crippen LogP contribution in [0.5, 0.6) is 0 Å². The summed E-state index contributed by atoms with van der Waals surface area (Å²) in [6.45, 7) is 1.21. The van der Waals surface area contributed by atoms with E-state index in [4.69, 9.17) is 4.74 Å². The van der Waals surface area contributed by atoms with E-state index in [1.165, 1.54) is 4.31 Å². The Morgan fingerprint density at radius 3 is 2.52 bits per heavy atom. The lowest BCUT2D eigenvalue weighted by Crippen LogP contribution is -2.31. The number of sulfonamides is 1. The summed E-state index contributed by atoms with van der Waals surface area (Å²) in [7, 11) is -6.85. The van der Waals surface area contributed by atoms with E-state index < -0.39 is 25.1 Å². The molecule has 8 heteroatoms. The molecule has 0 aliphatic carbocycles. The molecule has 1 aromatic carbocycles. The monoisotopic (exact) mass is 331 g/mol. The van der Waals surface area contributed by atoms with E-state index in [0.29, 0.717) is 19.6 Å². The minimum Gasteiger partial charge on any atom is -0.372 e. The van der Waals surface area contributed by atoms with Crippen LogP contribution in [0.4, 0.5) is 0 Å². The molecular formula is C13H17NO5S2. The number of rotatable bonds is 3. The fourth-order valence-electron chi connectivity index (χ4n) is 2.72. The summed E-state index contributed by atoms with van der Waals surface area (Å²) in [4.78, 5) is 0.209. The first-order chi connectivity index (χ1) is 9.78. The average Bonchev–Trinajstić information content (AvgIpc) is 3.06. The highest BCUT2D eigenvalue weighted by atomic mass is 32.2. The van der Waals surface area contributed by atoms with E-state index >= 15 is 0 Å². The third kappa shape index (κ3) is 2.73. The molecule has 2 aliphatic rings. The molecule has 1 aromatic rings. The molecule has 2 aliphatic heterocycles. The minimum absolute atomic E-state index is 0.0365. The normalized spacial score (nSPS) is 23.4. The van der Waals surface area contributed by atoms with Gasteiger partial charge in [0.1, 0.15) is 0 Å². The first-order valence-electron chi connectivity index (χ1n) is 6.67. The maximum absolute atomic E-state index is 12.6. The topological polar surface area (TPSA) is 80.8 Å². The van der Waals surface area contributed by atoms with Gasteiger partial charge in [-0.3, -0.25) is 0 Å². The van der Waals surface area contributed by atoms with Gasteiger partial charge in [-0.25, -0.2) is 16.8 Å². The van der Waals surface area contributed by atoms with Crippen LogP contribution in [0.25, 0.3) is 0 Å². The van der Waals surface area contributed by atoms with Crippen molar-refractivity contribution in [3.05, 3.63) is 29.3 Å². The zero-order valence-corrected chi connectivity index (χ0v) is 13.3. The fourth-order valence-corrected chi connectivity index (χ4v) is 5.35. The third-order valence-corrected chi connectivity index (χ3v) is 7.50. The Labute approximate surface area is 124 Å². The summed E-state index contributed by atoms with van der Waals surface area (Å²) in [6.07, 6.45) is 1.51. The molecule has 0 amide bonds. The molecule has 1 fully saturated rings. The van der Waals surface area contributed by atoms with Crippen molar-refractivity contribution in [2.75, 3.05) is 19.3 Å². The van der Waals surface area contributed by atoms with Gasteiger partial charge in [0.25, 0.3) is 0 Å². The van der Waals surface area contributed by atoms with Crippen LogP contribution in [0.2, 0.25) is 0 Å². The van der Waals surface area contributed by atoms with Crippen molar-refractivity contribution in [2.24, 2.45) is 0 Å². The van der Waals surface area contributed by atoms with Gasteiger partial charge in [-0.05, 0) is 29.7 Å². The highest BCUT2D eigenvalue weighted by molar-refractivity contribution is 7.91. The molecule has 116 valence electrons. The number of fused-ring (bicyclic) bond motifs is 1. The summed E-state index contributed by atoms with van der Waals surface area (Å²) in [5.74, 6) is 0. The molecular weight excluding hydrogens is 314 g/mol. The molecule has 1 saturated heterocycles. The molecule has 0 radical (unpaired) electrons. The Morgan fingerprint density at radius 2 is 1.86 bits per heavy atom. The molecule has 0 saturated carbocycles. The predicted octanol–water partition coefficient (Wildman–Crippen LogP) is 0.524. The van der Waals surface area contributed by atoms with Gasteiger partial charge in [0.05, 0.1) is 23.4 Å². The third-order valence-electron chi connectivity index (χ3n) is 4.04. The zero-order valence-electron chi connectivity index (χ0n) is 11.6. The summed E-state index contributed by atoms with van der Waals surface area (Å²) < 4.78 is 54.9. The van der Waals surface area contributed by atoms with Gasteiger partial charge in [-0.2, -0.15) is 4.31 Å². The van der Waals surface area contributed by atoms with Crippen LogP contribution < -0.4 is 0 Å². The lowest BCUT2D eigenvalue weighted by atomic mass is 10.1. The van der Waals surface area contributed by atoms with Gasteiger partial charge in [-0.1, -0.05) is 6.07 Å². The summed E-state index contributed by atoms with van der Waals surface area (Å²) in [5, 5.41) is -0.606. The van der Waals surface area contributed by atoms with Crippen molar-refractivity contribution >= 4 is 19.9 Å². The van der Waals surface area contributed by atoms with Crippen LogP contribution in [0.3, 0.4) is 0 Å². The van der Waals surface area contributed by atoms with Gasteiger partial charge in [0.2, 0.25) is 10.0 Å². The fraction of sp³-hybridized carbons (Fsp3) is 0.538. The Morgan fingerprint density at radius 1 is 1.14 bits per heavy atom. The molecule has 0 bridgehead atoms. The second kappa shape index (κ2) is 5.05. The van der Waals surface area contributed by atoms with E-state index in [1.807, 2.05) is 0 Å². The Balaban J connectivity index is 1.88. The maximum Gasteiger partial charge on any atom is 0.243 e. The molecule has 21 heavy (non-hydrogen) atoms. The largest absolute Gasteiger partial charge is 0.372 e. The molecule has 2 heterocycles. The van der Waals surface area contributed by atoms with Gasteiger partial charge in [0, 0.05) is 19.3 Å². The highest BCUT2D eigenvalue weighted by Crippen LogP contribution is 2.27. The smallest absolute Gasteiger partial charge is 0.243 e.